The molecule has 0 saturated carbocycles. The first-order valence-corrected chi connectivity index (χ1v) is 6.94. The van der Waals surface area contributed by atoms with Gasteiger partial charge in [-0.2, -0.15) is 0 Å². The van der Waals surface area contributed by atoms with Crippen molar-refractivity contribution in [3.63, 3.8) is 0 Å². The summed E-state index contributed by atoms with van der Waals surface area (Å²) in [5, 5.41) is 5.36. The van der Waals surface area contributed by atoms with Crippen LogP contribution in [0.25, 0.3) is 0 Å². The van der Waals surface area contributed by atoms with Gasteiger partial charge in [0.25, 0.3) is 0 Å². The highest BCUT2D eigenvalue weighted by atomic mass is 16.2. The van der Waals surface area contributed by atoms with Crippen molar-refractivity contribution in [3.8, 4) is 0 Å². The Hall–Kier alpha value is -1.72. The van der Waals surface area contributed by atoms with Crippen LogP contribution in [0.5, 0.6) is 0 Å². The van der Waals surface area contributed by atoms with Gasteiger partial charge in [-0.3, -0.25) is 19.2 Å². The molecule has 0 aromatic carbocycles. The van der Waals surface area contributed by atoms with Crippen LogP contribution in [0.2, 0.25) is 0 Å². The molecule has 2 amide bonds. The molecule has 0 saturated heterocycles. The third-order valence-electron chi connectivity index (χ3n) is 2.57. The van der Waals surface area contributed by atoms with Gasteiger partial charge in [0.2, 0.25) is 11.8 Å². The molecule has 0 bridgehead atoms. The molecule has 6 nitrogen and oxygen atoms in total. The normalized spacial score (nSPS) is 9.90. The summed E-state index contributed by atoms with van der Waals surface area (Å²) in [6, 6.07) is 0. The number of ketones is 2. The van der Waals surface area contributed by atoms with Gasteiger partial charge in [0, 0.05) is 13.1 Å². The Labute approximate surface area is 119 Å². The maximum absolute atomic E-state index is 11.1. The lowest BCUT2D eigenvalue weighted by Gasteiger charge is -2.05. The van der Waals surface area contributed by atoms with Gasteiger partial charge in [0.15, 0.2) is 0 Å². The molecule has 2 N–H and O–H groups in total. The van der Waals surface area contributed by atoms with E-state index in [1.807, 2.05) is 0 Å². The average molecular weight is 284 g/mol. The van der Waals surface area contributed by atoms with E-state index >= 15 is 0 Å². The van der Waals surface area contributed by atoms with E-state index in [1.165, 1.54) is 13.8 Å². The van der Waals surface area contributed by atoms with E-state index in [9.17, 15) is 19.2 Å². The first-order valence-electron chi connectivity index (χ1n) is 6.94. The fourth-order valence-electron chi connectivity index (χ4n) is 1.64. The fraction of sp³-hybridized carbons (Fsp3) is 0.714. The molecule has 0 rings (SSSR count). The molecule has 0 aromatic rings. The van der Waals surface area contributed by atoms with E-state index in [-0.39, 0.29) is 36.2 Å². The van der Waals surface area contributed by atoms with Crippen LogP contribution in [0.15, 0.2) is 0 Å². The number of hydrogen-bond acceptors (Lipinski definition) is 4. The van der Waals surface area contributed by atoms with E-state index in [0.717, 1.165) is 25.7 Å². The van der Waals surface area contributed by atoms with Gasteiger partial charge in [-0.15, -0.1) is 0 Å². The highest BCUT2D eigenvalue weighted by molar-refractivity contribution is 5.97. The molecule has 0 aliphatic rings. The second-order valence-electron chi connectivity index (χ2n) is 4.87. The lowest BCUT2D eigenvalue weighted by Crippen LogP contribution is -2.26. The molecule has 6 heteroatoms. The van der Waals surface area contributed by atoms with Crippen molar-refractivity contribution < 1.29 is 19.2 Å². The standard InChI is InChI=1S/C14H24N2O4/c1-11(17)9-13(19)15-7-5-3-4-6-8-16-14(20)10-12(2)18/h3-10H2,1-2H3,(H,15,19)(H,16,20). The molecule has 0 heterocycles. The molecule has 0 aromatic heterocycles. The third kappa shape index (κ3) is 12.7. The minimum atomic E-state index is -0.228. The smallest absolute Gasteiger partial charge is 0.227 e. The molecule has 0 radical (unpaired) electrons. The monoisotopic (exact) mass is 284 g/mol. The van der Waals surface area contributed by atoms with Crippen molar-refractivity contribution >= 4 is 23.4 Å². The number of amides is 2. The second-order valence-corrected chi connectivity index (χ2v) is 4.87. The van der Waals surface area contributed by atoms with Crippen LogP contribution < -0.4 is 10.6 Å². The Morgan fingerprint density at radius 2 is 1.00 bits per heavy atom. The van der Waals surface area contributed by atoms with Gasteiger partial charge < -0.3 is 10.6 Å². The molecular weight excluding hydrogens is 260 g/mol. The quantitative estimate of drug-likeness (QED) is 0.432. The molecule has 114 valence electrons. The zero-order valence-electron chi connectivity index (χ0n) is 12.3. The van der Waals surface area contributed by atoms with Crippen molar-refractivity contribution in [2.24, 2.45) is 0 Å². The number of unbranched alkanes of at least 4 members (excludes halogenated alkanes) is 3. The predicted molar refractivity (Wildman–Crippen MR) is 75.1 cm³/mol. The largest absolute Gasteiger partial charge is 0.356 e. The van der Waals surface area contributed by atoms with Gasteiger partial charge in [-0.25, -0.2) is 0 Å². The lowest BCUT2D eigenvalue weighted by atomic mass is 10.2. The zero-order chi connectivity index (χ0) is 15.4. The SMILES string of the molecule is CC(=O)CC(=O)NCCCCCCNC(=O)CC(C)=O. The van der Waals surface area contributed by atoms with Crippen LogP contribution in [-0.4, -0.2) is 36.5 Å². The van der Waals surface area contributed by atoms with E-state index < -0.39 is 0 Å². The molecule has 0 aliphatic carbocycles. The average Bonchev–Trinajstić information content (AvgIpc) is 2.30. The summed E-state index contributed by atoms with van der Waals surface area (Å²) in [6.07, 6.45) is 3.49. The topological polar surface area (TPSA) is 92.3 Å². The van der Waals surface area contributed by atoms with E-state index in [1.54, 1.807) is 0 Å². The van der Waals surface area contributed by atoms with Crippen LogP contribution in [0, 0.1) is 0 Å². The zero-order valence-corrected chi connectivity index (χ0v) is 12.3. The molecule has 0 unspecified atom stereocenters. The Balaban J connectivity index is 3.33. The molecule has 0 atom stereocenters. The van der Waals surface area contributed by atoms with Crippen LogP contribution in [-0.2, 0) is 19.2 Å². The van der Waals surface area contributed by atoms with Crippen molar-refractivity contribution in [2.45, 2.75) is 52.4 Å². The van der Waals surface area contributed by atoms with Crippen LogP contribution in [0.4, 0.5) is 0 Å². The minimum absolute atomic E-state index is 0.0534. The van der Waals surface area contributed by atoms with Gasteiger partial charge in [0.05, 0.1) is 12.8 Å². The summed E-state index contributed by atoms with van der Waals surface area (Å²) in [4.78, 5) is 43.6. The number of carbonyl (C=O) groups is 4. The van der Waals surface area contributed by atoms with Crippen molar-refractivity contribution in [2.75, 3.05) is 13.1 Å². The lowest BCUT2D eigenvalue weighted by molar-refractivity contribution is -0.128. The first-order chi connectivity index (χ1) is 9.41. The van der Waals surface area contributed by atoms with Gasteiger partial charge in [-0.1, -0.05) is 12.8 Å². The summed E-state index contributed by atoms with van der Waals surface area (Å²) in [7, 11) is 0. The maximum Gasteiger partial charge on any atom is 0.227 e. The number of carbonyl (C=O) groups excluding carboxylic acids is 4. The number of hydrogen-bond donors (Lipinski definition) is 2. The van der Waals surface area contributed by atoms with Crippen molar-refractivity contribution in [1.82, 2.24) is 10.6 Å². The Morgan fingerprint density at radius 3 is 1.30 bits per heavy atom. The third-order valence-corrected chi connectivity index (χ3v) is 2.57. The predicted octanol–water partition coefficient (Wildman–Crippen LogP) is 0.737. The Bertz CT molecular complexity index is 319. The summed E-state index contributed by atoms with van der Waals surface area (Å²) in [5.74, 6) is -0.726. The van der Waals surface area contributed by atoms with Crippen LogP contribution in [0.1, 0.15) is 52.4 Å². The highest BCUT2D eigenvalue weighted by Gasteiger charge is 2.04. The molecule has 0 fully saturated rings. The van der Waals surface area contributed by atoms with Gasteiger partial charge in [0.1, 0.15) is 11.6 Å². The molecule has 20 heavy (non-hydrogen) atoms. The molecule has 0 spiro atoms. The van der Waals surface area contributed by atoms with Crippen LogP contribution in [0.3, 0.4) is 0 Å². The summed E-state index contributed by atoms with van der Waals surface area (Å²) >= 11 is 0. The molecular formula is C14H24N2O4. The molecule has 0 aliphatic heterocycles. The van der Waals surface area contributed by atoms with Crippen molar-refractivity contribution in [1.29, 1.82) is 0 Å². The first kappa shape index (κ1) is 18.3. The number of nitrogens with one attached hydrogen (secondary N) is 2. The maximum atomic E-state index is 11.1. The number of Topliss-reactive ketones (excluding diaryl/α,β-unsaturated/α-hetero) is 2. The summed E-state index contributed by atoms with van der Waals surface area (Å²) in [5.41, 5.74) is 0. The fourth-order valence-corrected chi connectivity index (χ4v) is 1.64. The minimum Gasteiger partial charge on any atom is -0.356 e. The van der Waals surface area contributed by atoms with Gasteiger partial charge in [-0.05, 0) is 26.7 Å². The van der Waals surface area contributed by atoms with Crippen molar-refractivity contribution in [3.05, 3.63) is 0 Å². The second kappa shape index (κ2) is 11.1. The Kier molecular flexibility index (Phi) is 10.2. The highest BCUT2D eigenvalue weighted by Crippen LogP contribution is 1.98. The number of rotatable bonds is 11. The summed E-state index contributed by atoms with van der Waals surface area (Å²) < 4.78 is 0. The van der Waals surface area contributed by atoms with E-state index in [2.05, 4.69) is 10.6 Å². The van der Waals surface area contributed by atoms with Crippen LogP contribution >= 0.6 is 0 Å². The van der Waals surface area contributed by atoms with E-state index in [0.29, 0.717) is 13.1 Å². The van der Waals surface area contributed by atoms with E-state index in [4.69, 9.17) is 0 Å². The van der Waals surface area contributed by atoms with Gasteiger partial charge >= 0.3 is 0 Å². The Morgan fingerprint density at radius 1 is 0.650 bits per heavy atom. The summed E-state index contributed by atoms with van der Waals surface area (Å²) in [6.45, 7) is 3.92.